The van der Waals surface area contributed by atoms with E-state index in [-0.39, 0.29) is 11.4 Å². The zero-order chi connectivity index (χ0) is 12.0. The molecule has 0 unspecified atom stereocenters. The molecule has 1 heterocycles. The maximum absolute atomic E-state index is 11.8. The zero-order valence-corrected chi connectivity index (χ0v) is 9.23. The summed E-state index contributed by atoms with van der Waals surface area (Å²) in [4.78, 5) is 11.8. The van der Waals surface area contributed by atoms with Gasteiger partial charge < -0.3 is 9.52 Å². The molecule has 0 radical (unpaired) electrons. The predicted molar refractivity (Wildman–Crippen MR) is 66.4 cm³/mol. The summed E-state index contributed by atoms with van der Waals surface area (Å²) in [5.41, 5.74) is 0.845. The van der Waals surface area contributed by atoms with Gasteiger partial charge in [-0.1, -0.05) is 18.2 Å². The summed E-state index contributed by atoms with van der Waals surface area (Å²) in [6, 6.07) is 10.5. The molecule has 3 heteroatoms. The second kappa shape index (κ2) is 3.35. The van der Waals surface area contributed by atoms with Gasteiger partial charge in [-0.2, -0.15) is 0 Å². The second-order valence-electron chi connectivity index (χ2n) is 4.07. The van der Waals surface area contributed by atoms with Crippen molar-refractivity contribution in [1.29, 1.82) is 0 Å². The zero-order valence-electron chi connectivity index (χ0n) is 9.23. The summed E-state index contributed by atoms with van der Waals surface area (Å²) in [6.07, 6.45) is 0. The van der Waals surface area contributed by atoms with Crippen LogP contribution < -0.4 is 5.63 Å². The average molecular weight is 226 g/mol. The molecule has 0 atom stereocenters. The van der Waals surface area contributed by atoms with E-state index >= 15 is 0 Å². The number of aromatic hydroxyl groups is 1. The molecular formula is C14H10O3. The monoisotopic (exact) mass is 226 g/mol. The fourth-order valence-corrected chi connectivity index (χ4v) is 2.02. The molecular weight excluding hydrogens is 216 g/mol. The molecule has 0 saturated heterocycles. The molecule has 0 aliphatic carbocycles. The maximum Gasteiger partial charge on any atom is 0.344 e. The number of hydrogen-bond donors (Lipinski definition) is 1. The van der Waals surface area contributed by atoms with Crippen LogP contribution in [0.1, 0.15) is 5.56 Å². The summed E-state index contributed by atoms with van der Waals surface area (Å²) in [6.45, 7) is 1.77. The smallest absolute Gasteiger partial charge is 0.344 e. The van der Waals surface area contributed by atoms with Gasteiger partial charge in [0.25, 0.3) is 0 Å². The van der Waals surface area contributed by atoms with Gasteiger partial charge in [-0.15, -0.1) is 0 Å². The van der Waals surface area contributed by atoms with E-state index in [2.05, 4.69) is 0 Å². The number of rotatable bonds is 0. The Hall–Kier alpha value is -2.29. The van der Waals surface area contributed by atoms with Crippen molar-refractivity contribution in [2.24, 2.45) is 0 Å². The van der Waals surface area contributed by atoms with E-state index in [1.165, 1.54) is 0 Å². The Morgan fingerprint density at radius 1 is 1.06 bits per heavy atom. The lowest BCUT2D eigenvalue weighted by Gasteiger charge is -2.04. The van der Waals surface area contributed by atoms with Crippen molar-refractivity contribution in [1.82, 2.24) is 0 Å². The van der Waals surface area contributed by atoms with Gasteiger partial charge in [0, 0.05) is 10.8 Å². The number of hydrogen-bond acceptors (Lipinski definition) is 3. The van der Waals surface area contributed by atoms with Gasteiger partial charge in [0.2, 0.25) is 0 Å². The topological polar surface area (TPSA) is 50.4 Å². The first-order valence-corrected chi connectivity index (χ1v) is 5.32. The van der Waals surface area contributed by atoms with E-state index in [0.717, 1.165) is 10.8 Å². The highest BCUT2D eigenvalue weighted by molar-refractivity contribution is 6.04. The van der Waals surface area contributed by atoms with Crippen LogP contribution in [0, 0.1) is 6.92 Å². The van der Waals surface area contributed by atoms with E-state index in [9.17, 15) is 9.90 Å². The Morgan fingerprint density at radius 3 is 2.53 bits per heavy atom. The molecule has 0 aliphatic heterocycles. The molecule has 3 rings (SSSR count). The molecule has 0 saturated carbocycles. The van der Waals surface area contributed by atoms with Gasteiger partial charge in [0.1, 0.15) is 11.3 Å². The minimum Gasteiger partial charge on any atom is -0.508 e. The summed E-state index contributed by atoms with van der Waals surface area (Å²) in [5, 5.41) is 11.8. The number of phenolic OH excluding ortho intramolecular Hbond substituents is 1. The van der Waals surface area contributed by atoms with E-state index in [4.69, 9.17) is 4.42 Å². The van der Waals surface area contributed by atoms with Crippen LogP contribution in [0.25, 0.3) is 21.7 Å². The van der Waals surface area contributed by atoms with Gasteiger partial charge in [0.15, 0.2) is 0 Å². The highest BCUT2D eigenvalue weighted by atomic mass is 16.4. The second-order valence-corrected chi connectivity index (χ2v) is 4.07. The first kappa shape index (κ1) is 9.90. The van der Waals surface area contributed by atoms with Crippen LogP contribution in [0.4, 0.5) is 0 Å². The summed E-state index contributed by atoms with van der Waals surface area (Å²) >= 11 is 0. The molecule has 0 aliphatic rings. The Bertz CT molecular complexity index is 784. The van der Waals surface area contributed by atoms with E-state index in [1.54, 1.807) is 31.2 Å². The van der Waals surface area contributed by atoms with Crippen LogP contribution in [-0.4, -0.2) is 5.11 Å². The fourth-order valence-electron chi connectivity index (χ4n) is 2.02. The molecule has 0 bridgehead atoms. The Morgan fingerprint density at radius 2 is 1.76 bits per heavy atom. The Kier molecular flexibility index (Phi) is 1.95. The summed E-state index contributed by atoms with van der Waals surface area (Å²) in [7, 11) is 0. The standard InChI is InChI=1S/C14H10O3/c1-8-6-13-11(7-12(8)15)9-4-2-3-5-10(9)14(16)17-13/h2-7,15H,1H3. The third-order valence-electron chi connectivity index (χ3n) is 2.94. The molecule has 84 valence electrons. The van der Waals surface area contributed by atoms with Gasteiger partial charge in [-0.3, -0.25) is 0 Å². The van der Waals surface area contributed by atoms with Crippen LogP contribution in [0.3, 0.4) is 0 Å². The van der Waals surface area contributed by atoms with Crippen LogP contribution >= 0.6 is 0 Å². The lowest BCUT2D eigenvalue weighted by molar-refractivity contribution is 0.471. The lowest BCUT2D eigenvalue weighted by atomic mass is 10.1. The summed E-state index contributed by atoms with van der Waals surface area (Å²) in [5.74, 6) is 0.205. The van der Waals surface area contributed by atoms with E-state index < -0.39 is 0 Å². The van der Waals surface area contributed by atoms with Gasteiger partial charge in [0.05, 0.1) is 5.39 Å². The minimum atomic E-state index is -0.349. The Balaban J connectivity index is 2.64. The quantitative estimate of drug-likeness (QED) is 0.473. The van der Waals surface area contributed by atoms with Crippen molar-refractivity contribution in [3.05, 3.63) is 52.4 Å². The van der Waals surface area contributed by atoms with Gasteiger partial charge in [-0.25, -0.2) is 4.79 Å². The number of benzene rings is 2. The minimum absolute atomic E-state index is 0.205. The molecule has 0 amide bonds. The molecule has 0 spiro atoms. The third-order valence-corrected chi connectivity index (χ3v) is 2.94. The molecule has 3 nitrogen and oxygen atoms in total. The number of phenols is 1. The fraction of sp³-hybridized carbons (Fsp3) is 0.0714. The maximum atomic E-state index is 11.8. The van der Waals surface area contributed by atoms with Crippen molar-refractivity contribution in [2.75, 3.05) is 0 Å². The van der Waals surface area contributed by atoms with Crippen molar-refractivity contribution >= 4 is 21.7 Å². The highest BCUT2D eigenvalue weighted by Gasteiger charge is 2.08. The molecule has 2 aromatic carbocycles. The van der Waals surface area contributed by atoms with Crippen molar-refractivity contribution < 1.29 is 9.52 Å². The first-order valence-electron chi connectivity index (χ1n) is 5.32. The van der Waals surface area contributed by atoms with E-state index in [1.807, 2.05) is 12.1 Å². The van der Waals surface area contributed by atoms with Crippen molar-refractivity contribution in [3.63, 3.8) is 0 Å². The third kappa shape index (κ3) is 1.40. The Labute approximate surface area is 96.9 Å². The molecule has 1 aromatic heterocycles. The van der Waals surface area contributed by atoms with Crippen LogP contribution in [0.2, 0.25) is 0 Å². The summed E-state index contributed by atoms with van der Waals surface area (Å²) < 4.78 is 5.24. The van der Waals surface area contributed by atoms with Crippen LogP contribution in [-0.2, 0) is 0 Å². The highest BCUT2D eigenvalue weighted by Crippen LogP contribution is 2.28. The van der Waals surface area contributed by atoms with Crippen molar-refractivity contribution in [3.8, 4) is 5.75 Å². The SMILES string of the molecule is Cc1cc2oc(=O)c3ccccc3c2cc1O. The van der Waals surface area contributed by atoms with Crippen molar-refractivity contribution in [2.45, 2.75) is 6.92 Å². The van der Waals surface area contributed by atoms with Crippen LogP contribution in [0.15, 0.2) is 45.6 Å². The molecule has 17 heavy (non-hydrogen) atoms. The van der Waals surface area contributed by atoms with Crippen LogP contribution in [0.5, 0.6) is 5.75 Å². The molecule has 3 aromatic rings. The lowest BCUT2D eigenvalue weighted by Crippen LogP contribution is -1.99. The predicted octanol–water partition coefficient (Wildman–Crippen LogP) is 2.96. The number of fused-ring (bicyclic) bond motifs is 3. The largest absolute Gasteiger partial charge is 0.508 e. The first-order chi connectivity index (χ1) is 8.16. The molecule has 1 N–H and O–H groups in total. The van der Waals surface area contributed by atoms with Gasteiger partial charge in [-0.05, 0) is 30.7 Å². The normalized spacial score (nSPS) is 11.1. The number of aryl methyl sites for hydroxylation is 1. The average Bonchev–Trinajstić information content (AvgIpc) is 2.32. The van der Waals surface area contributed by atoms with E-state index in [0.29, 0.717) is 16.5 Å². The molecule has 0 fully saturated rings. The van der Waals surface area contributed by atoms with Gasteiger partial charge >= 0.3 is 5.63 Å².